The average molecular weight is 470 g/mol. The predicted octanol–water partition coefficient (Wildman–Crippen LogP) is 1.99. The molecule has 0 radical (unpaired) electrons. The molecule has 3 rings (SSSR count). The van der Waals surface area contributed by atoms with Crippen LogP contribution in [0.3, 0.4) is 0 Å². The van der Waals surface area contributed by atoms with Gasteiger partial charge in [0.1, 0.15) is 23.3 Å². The first-order valence-corrected chi connectivity index (χ1v) is 10.4. The van der Waals surface area contributed by atoms with Gasteiger partial charge in [-0.1, -0.05) is 23.0 Å². The van der Waals surface area contributed by atoms with Crippen LogP contribution in [0, 0.1) is 17.5 Å². The smallest absolute Gasteiger partial charge is 0.194 e. The van der Waals surface area contributed by atoms with Gasteiger partial charge < -0.3 is 20.1 Å². The largest absolute Gasteiger partial charge is 0.394 e. The van der Waals surface area contributed by atoms with Crippen molar-refractivity contribution in [2.24, 2.45) is 0 Å². The van der Waals surface area contributed by atoms with Gasteiger partial charge in [0.25, 0.3) is 0 Å². The molecule has 0 saturated heterocycles. The van der Waals surface area contributed by atoms with Gasteiger partial charge in [-0.25, -0.2) is 22.8 Å². The lowest BCUT2D eigenvalue weighted by molar-refractivity contribution is -0.0972. The summed E-state index contributed by atoms with van der Waals surface area (Å²) in [6.07, 6.45) is -0.265. The van der Waals surface area contributed by atoms with Crippen molar-refractivity contribution < 1.29 is 33.2 Å². The molecule has 2 unspecified atom stereocenters. The Balaban J connectivity index is 1.77. The van der Waals surface area contributed by atoms with Crippen molar-refractivity contribution in [3.63, 3.8) is 0 Å². The maximum Gasteiger partial charge on any atom is 0.194 e. The summed E-state index contributed by atoms with van der Waals surface area (Å²) in [6.45, 7) is 0.834. The van der Waals surface area contributed by atoms with Crippen LogP contribution in [0.15, 0.2) is 47.8 Å². The van der Waals surface area contributed by atoms with Gasteiger partial charge in [0, 0.05) is 11.8 Å². The molecule has 2 aromatic heterocycles. The summed E-state index contributed by atoms with van der Waals surface area (Å²) in [5, 5.41) is 38.2. The van der Waals surface area contributed by atoms with Crippen molar-refractivity contribution in [2.75, 3.05) is 6.61 Å². The number of aliphatic hydroxyl groups excluding tert-OH is 3. The topological polar surface area (TPSA) is 114 Å². The van der Waals surface area contributed by atoms with E-state index in [1.807, 2.05) is 0 Å². The molecule has 172 valence electrons. The number of rotatable bonds is 10. The second-order valence-corrected chi connectivity index (χ2v) is 8.02. The molecule has 1 aromatic carbocycles. The molecule has 0 spiro atoms. The number of halogens is 3. The average Bonchev–Trinajstić information content (AvgIpc) is 3.23. The van der Waals surface area contributed by atoms with Gasteiger partial charge in [-0.05, 0) is 31.2 Å². The van der Waals surface area contributed by atoms with E-state index in [-0.39, 0.29) is 17.8 Å². The van der Waals surface area contributed by atoms with Gasteiger partial charge in [0.05, 0.1) is 30.5 Å². The number of hydrogen-bond donors (Lipinski definition) is 3. The Morgan fingerprint density at radius 2 is 1.88 bits per heavy atom. The minimum absolute atomic E-state index is 0.0211. The predicted molar refractivity (Wildman–Crippen MR) is 109 cm³/mol. The molecule has 3 N–H and O–H groups in total. The third-order valence-electron chi connectivity index (χ3n) is 4.41. The molecule has 2 heterocycles. The number of nitrogens with zero attached hydrogens (tertiary/aromatic N) is 4. The molecular weight excluding hydrogens is 449 g/mol. The van der Waals surface area contributed by atoms with E-state index in [0.717, 1.165) is 23.9 Å². The van der Waals surface area contributed by atoms with Crippen molar-refractivity contribution in [1.29, 1.82) is 0 Å². The first-order valence-electron chi connectivity index (χ1n) is 9.53. The van der Waals surface area contributed by atoms with Gasteiger partial charge in [-0.2, -0.15) is 0 Å². The van der Waals surface area contributed by atoms with Crippen molar-refractivity contribution in [3.05, 3.63) is 60.2 Å². The summed E-state index contributed by atoms with van der Waals surface area (Å²) in [5.74, 6) is -4.30. The fourth-order valence-corrected chi connectivity index (χ4v) is 3.67. The van der Waals surface area contributed by atoms with Crippen molar-refractivity contribution >= 4 is 11.8 Å². The molecule has 12 heteroatoms. The van der Waals surface area contributed by atoms with Gasteiger partial charge in [0.2, 0.25) is 0 Å². The maximum atomic E-state index is 13.5. The molecular formula is C20H21F3N4O4S. The summed E-state index contributed by atoms with van der Waals surface area (Å²) in [6, 6.07) is 6.76. The van der Waals surface area contributed by atoms with Crippen LogP contribution in [0.2, 0.25) is 0 Å². The summed E-state index contributed by atoms with van der Waals surface area (Å²) in [4.78, 5) is 4.16. The maximum absolute atomic E-state index is 13.5. The SMILES string of the molecule is C[C@@H](O)C(CO)OC(Sc1ccccn1)[C@@H](O)Cn1cc(-c2cc(F)c(F)c(F)c2)nn1. The monoisotopic (exact) mass is 470 g/mol. The lowest BCUT2D eigenvalue weighted by Gasteiger charge is -2.28. The summed E-state index contributed by atoms with van der Waals surface area (Å²) >= 11 is 1.08. The van der Waals surface area contributed by atoms with E-state index in [2.05, 4.69) is 15.3 Å². The number of thioether (sulfide) groups is 1. The van der Waals surface area contributed by atoms with Crippen molar-refractivity contribution in [2.45, 2.75) is 42.2 Å². The van der Waals surface area contributed by atoms with E-state index < -0.39 is 47.8 Å². The lowest BCUT2D eigenvalue weighted by atomic mass is 10.1. The molecule has 8 nitrogen and oxygen atoms in total. The zero-order valence-electron chi connectivity index (χ0n) is 16.8. The summed E-state index contributed by atoms with van der Waals surface area (Å²) in [5.41, 5.74) is -0.903. The molecule has 0 fully saturated rings. The van der Waals surface area contributed by atoms with E-state index in [1.165, 1.54) is 17.8 Å². The number of aromatic nitrogens is 4. The number of pyridine rings is 1. The third kappa shape index (κ3) is 6.04. The van der Waals surface area contributed by atoms with Crippen LogP contribution < -0.4 is 0 Å². The Hall–Kier alpha value is -2.51. The highest BCUT2D eigenvalue weighted by Crippen LogP contribution is 2.27. The van der Waals surface area contributed by atoms with Gasteiger partial charge in [-0.3, -0.25) is 0 Å². The molecule has 0 bridgehead atoms. The first kappa shape index (κ1) is 24.1. The molecule has 4 atom stereocenters. The summed E-state index contributed by atoms with van der Waals surface area (Å²) in [7, 11) is 0. The first-order chi connectivity index (χ1) is 15.3. The molecule has 0 aliphatic heterocycles. The number of benzene rings is 1. The van der Waals surface area contributed by atoms with E-state index in [9.17, 15) is 28.5 Å². The molecule has 0 amide bonds. The van der Waals surface area contributed by atoms with Crippen LogP contribution in [-0.2, 0) is 11.3 Å². The molecule has 0 aliphatic carbocycles. The second kappa shape index (κ2) is 10.9. The van der Waals surface area contributed by atoms with Crippen LogP contribution in [0.4, 0.5) is 13.2 Å². The quantitative estimate of drug-likeness (QED) is 0.234. The third-order valence-corrected chi connectivity index (χ3v) is 5.55. The summed E-state index contributed by atoms with van der Waals surface area (Å²) < 4.78 is 47.1. The van der Waals surface area contributed by atoms with Crippen molar-refractivity contribution in [3.8, 4) is 11.3 Å². The molecule has 0 aliphatic rings. The molecule has 32 heavy (non-hydrogen) atoms. The van der Waals surface area contributed by atoms with E-state index in [4.69, 9.17) is 4.74 Å². The Morgan fingerprint density at radius 3 is 2.47 bits per heavy atom. The Morgan fingerprint density at radius 1 is 1.16 bits per heavy atom. The van der Waals surface area contributed by atoms with E-state index in [0.29, 0.717) is 5.03 Å². The highest BCUT2D eigenvalue weighted by molar-refractivity contribution is 7.99. The van der Waals surface area contributed by atoms with Crippen LogP contribution in [0.1, 0.15) is 6.92 Å². The van der Waals surface area contributed by atoms with E-state index in [1.54, 1.807) is 24.4 Å². The minimum Gasteiger partial charge on any atom is -0.394 e. The van der Waals surface area contributed by atoms with Crippen LogP contribution >= 0.6 is 11.8 Å². The van der Waals surface area contributed by atoms with E-state index >= 15 is 0 Å². The Bertz CT molecular complexity index is 1000. The number of aliphatic hydroxyl groups is 3. The Labute approximate surface area is 185 Å². The number of ether oxygens (including phenoxy) is 1. The van der Waals surface area contributed by atoms with Gasteiger partial charge in [0.15, 0.2) is 17.5 Å². The second-order valence-electron chi connectivity index (χ2n) is 6.90. The Kier molecular flexibility index (Phi) is 8.21. The fraction of sp³-hybridized carbons (Fsp3) is 0.350. The van der Waals surface area contributed by atoms with Crippen LogP contribution in [0.5, 0.6) is 0 Å². The van der Waals surface area contributed by atoms with Gasteiger partial charge >= 0.3 is 0 Å². The van der Waals surface area contributed by atoms with Crippen molar-refractivity contribution in [1.82, 2.24) is 20.0 Å². The zero-order valence-corrected chi connectivity index (χ0v) is 17.7. The van der Waals surface area contributed by atoms with Crippen LogP contribution in [0.25, 0.3) is 11.3 Å². The normalized spacial score (nSPS) is 15.3. The highest BCUT2D eigenvalue weighted by atomic mass is 32.2. The van der Waals surface area contributed by atoms with Crippen LogP contribution in [-0.4, -0.2) is 65.7 Å². The minimum atomic E-state index is -1.58. The lowest BCUT2D eigenvalue weighted by Crippen LogP contribution is -2.39. The zero-order chi connectivity index (χ0) is 23.3. The molecule has 0 saturated carbocycles. The highest BCUT2D eigenvalue weighted by Gasteiger charge is 2.28. The fourth-order valence-electron chi connectivity index (χ4n) is 2.72. The van der Waals surface area contributed by atoms with Gasteiger partial charge in [-0.15, -0.1) is 5.10 Å². The standard InChI is InChI=1S/C20H21F3N4O4S/c1-11(29)17(10-28)31-20(32-18-4-2-3-5-24-18)16(30)9-27-8-15(25-26-27)12-6-13(21)19(23)14(22)7-12/h2-8,11,16-17,20,28-30H,9-10H2,1H3/t11-,16+,17?,20?/m1/s1. The number of hydrogen-bond acceptors (Lipinski definition) is 8. The molecule has 3 aromatic rings.